The molecule has 160 valence electrons. The average Bonchev–Trinajstić information content (AvgIpc) is 2.74. The molecule has 0 bridgehead atoms. The van der Waals surface area contributed by atoms with E-state index < -0.39 is 15.8 Å². The molecule has 0 fully saturated rings. The third-order valence-corrected chi connectivity index (χ3v) is 6.08. The lowest BCUT2D eigenvalue weighted by Crippen LogP contribution is -2.21. The normalized spacial score (nSPS) is 11.4. The highest BCUT2D eigenvalue weighted by molar-refractivity contribution is 7.91. The highest BCUT2D eigenvalue weighted by Crippen LogP contribution is 2.23. The summed E-state index contributed by atoms with van der Waals surface area (Å²) >= 11 is 0. The maximum atomic E-state index is 12.3. The summed E-state index contributed by atoms with van der Waals surface area (Å²) in [5.41, 5.74) is 2.60. The third-order valence-electron chi connectivity index (χ3n) is 4.39. The van der Waals surface area contributed by atoms with E-state index in [1.54, 1.807) is 12.1 Å². The van der Waals surface area contributed by atoms with E-state index in [2.05, 4.69) is 35.6 Å². The first-order valence-electron chi connectivity index (χ1n) is 9.69. The molecule has 0 aliphatic heterocycles. The Hall–Kier alpha value is -3.00. The molecule has 8 heteroatoms. The maximum absolute atomic E-state index is 12.3. The van der Waals surface area contributed by atoms with E-state index in [1.807, 2.05) is 24.3 Å². The number of azo groups is 1. The Kier molecular flexibility index (Phi) is 8.29. The Bertz CT molecular complexity index is 994. The minimum atomic E-state index is -3.57. The van der Waals surface area contributed by atoms with Crippen molar-refractivity contribution in [3.8, 4) is 0 Å². The Morgan fingerprint density at radius 3 is 1.93 bits per heavy atom. The van der Waals surface area contributed by atoms with E-state index >= 15 is 0 Å². The van der Waals surface area contributed by atoms with E-state index in [0.717, 1.165) is 18.8 Å². The number of ether oxygens (including phenoxy) is 1. The van der Waals surface area contributed by atoms with Crippen LogP contribution in [0.1, 0.15) is 20.8 Å². The minimum Gasteiger partial charge on any atom is -0.461 e. The molecule has 0 amide bonds. The number of carbonyl (C=O) groups is 1. The van der Waals surface area contributed by atoms with E-state index in [4.69, 9.17) is 4.74 Å². The van der Waals surface area contributed by atoms with Crippen LogP contribution in [-0.2, 0) is 19.4 Å². The standard InChI is InChI=1S/C22H27N3O4S/c1-5-25(6-2)20-11-7-18(8-12-20)23-24-19-9-13-21(14-10-19)30(27,28)16-15-29-22(26)17(3)4/h7-14H,3,5-6,15-16H2,1-2,4H3. The lowest BCUT2D eigenvalue weighted by molar-refractivity contribution is -0.138. The molecule has 7 nitrogen and oxygen atoms in total. The van der Waals surface area contributed by atoms with Crippen LogP contribution < -0.4 is 4.90 Å². The number of anilines is 1. The molecule has 0 saturated heterocycles. The zero-order chi connectivity index (χ0) is 22.1. The zero-order valence-corrected chi connectivity index (χ0v) is 18.4. The van der Waals surface area contributed by atoms with Gasteiger partial charge in [-0.05, 0) is 69.3 Å². The number of hydrogen-bond donors (Lipinski definition) is 0. The third kappa shape index (κ3) is 6.52. The summed E-state index contributed by atoms with van der Waals surface area (Å²) in [4.78, 5) is 13.7. The molecular formula is C22H27N3O4S. The van der Waals surface area contributed by atoms with Gasteiger partial charge in [0, 0.05) is 24.4 Å². The summed E-state index contributed by atoms with van der Waals surface area (Å²) in [5.74, 6) is -0.905. The summed E-state index contributed by atoms with van der Waals surface area (Å²) in [7, 11) is -3.57. The number of esters is 1. The van der Waals surface area contributed by atoms with Gasteiger partial charge in [0.05, 0.1) is 22.0 Å². The second-order valence-electron chi connectivity index (χ2n) is 6.62. The SMILES string of the molecule is C=C(C)C(=O)OCCS(=O)(=O)c1ccc(N=Nc2ccc(N(CC)CC)cc2)cc1. The molecule has 2 aromatic carbocycles. The molecule has 0 unspecified atom stereocenters. The molecule has 30 heavy (non-hydrogen) atoms. The molecule has 0 spiro atoms. The molecule has 0 aromatic heterocycles. The second-order valence-corrected chi connectivity index (χ2v) is 8.73. The fraction of sp³-hybridized carbons (Fsp3) is 0.318. The summed E-state index contributed by atoms with van der Waals surface area (Å²) in [6.45, 7) is 10.8. The molecule has 0 aliphatic rings. The van der Waals surface area contributed by atoms with E-state index in [1.165, 1.54) is 19.1 Å². The highest BCUT2D eigenvalue weighted by atomic mass is 32.2. The lowest BCUT2D eigenvalue weighted by atomic mass is 10.2. The summed E-state index contributed by atoms with van der Waals surface area (Å²) < 4.78 is 29.5. The molecule has 0 saturated carbocycles. The van der Waals surface area contributed by atoms with Crippen LogP contribution in [0.3, 0.4) is 0 Å². The predicted octanol–water partition coefficient (Wildman–Crippen LogP) is 4.84. The van der Waals surface area contributed by atoms with Crippen molar-refractivity contribution in [2.24, 2.45) is 10.2 Å². The van der Waals surface area contributed by atoms with Crippen LogP contribution in [0.4, 0.5) is 17.1 Å². The van der Waals surface area contributed by atoms with Crippen molar-refractivity contribution < 1.29 is 17.9 Å². The van der Waals surface area contributed by atoms with Gasteiger partial charge in [-0.15, -0.1) is 0 Å². The fourth-order valence-electron chi connectivity index (χ4n) is 2.64. The van der Waals surface area contributed by atoms with Crippen molar-refractivity contribution >= 4 is 32.9 Å². The molecule has 0 aliphatic carbocycles. The van der Waals surface area contributed by atoms with Gasteiger partial charge in [-0.25, -0.2) is 13.2 Å². The van der Waals surface area contributed by atoms with Crippen molar-refractivity contribution in [2.75, 3.05) is 30.3 Å². The van der Waals surface area contributed by atoms with Crippen molar-refractivity contribution in [1.29, 1.82) is 0 Å². The predicted molar refractivity (Wildman–Crippen MR) is 118 cm³/mol. The molecule has 0 radical (unpaired) electrons. The lowest BCUT2D eigenvalue weighted by Gasteiger charge is -2.20. The first-order valence-corrected chi connectivity index (χ1v) is 11.3. The smallest absolute Gasteiger partial charge is 0.333 e. The van der Waals surface area contributed by atoms with Crippen molar-refractivity contribution in [3.63, 3.8) is 0 Å². The van der Waals surface area contributed by atoms with Gasteiger partial charge in [-0.1, -0.05) is 6.58 Å². The highest BCUT2D eigenvalue weighted by Gasteiger charge is 2.15. The van der Waals surface area contributed by atoms with Crippen LogP contribution in [0.5, 0.6) is 0 Å². The van der Waals surface area contributed by atoms with Gasteiger partial charge in [0.25, 0.3) is 0 Å². The Morgan fingerprint density at radius 2 is 1.47 bits per heavy atom. The Morgan fingerprint density at radius 1 is 0.967 bits per heavy atom. The number of carbonyl (C=O) groups excluding carboxylic acids is 1. The summed E-state index contributed by atoms with van der Waals surface area (Å²) in [6.07, 6.45) is 0. The van der Waals surface area contributed by atoms with Gasteiger partial charge in [-0.2, -0.15) is 10.2 Å². The summed E-state index contributed by atoms with van der Waals surface area (Å²) in [5, 5.41) is 8.35. The Balaban J connectivity index is 1.99. The van der Waals surface area contributed by atoms with Gasteiger partial charge in [0.15, 0.2) is 9.84 Å². The van der Waals surface area contributed by atoms with E-state index in [0.29, 0.717) is 11.4 Å². The number of benzene rings is 2. The van der Waals surface area contributed by atoms with Gasteiger partial charge < -0.3 is 9.64 Å². The molecule has 0 heterocycles. The quantitative estimate of drug-likeness (QED) is 0.306. The minimum absolute atomic E-state index is 0.136. The topological polar surface area (TPSA) is 88.4 Å². The average molecular weight is 430 g/mol. The van der Waals surface area contributed by atoms with Crippen LogP contribution in [0.25, 0.3) is 0 Å². The molecular weight excluding hydrogens is 402 g/mol. The molecule has 0 atom stereocenters. The molecule has 2 aromatic rings. The summed E-state index contributed by atoms with van der Waals surface area (Å²) in [6, 6.07) is 13.9. The number of sulfone groups is 1. The molecule has 2 rings (SSSR count). The van der Waals surface area contributed by atoms with Crippen LogP contribution in [0, 0.1) is 0 Å². The van der Waals surface area contributed by atoms with E-state index in [-0.39, 0.29) is 22.8 Å². The van der Waals surface area contributed by atoms with E-state index in [9.17, 15) is 13.2 Å². The number of hydrogen-bond acceptors (Lipinski definition) is 7. The monoisotopic (exact) mass is 429 g/mol. The zero-order valence-electron chi connectivity index (χ0n) is 17.5. The van der Waals surface area contributed by atoms with Gasteiger partial charge in [0.2, 0.25) is 0 Å². The number of nitrogens with zero attached hydrogens (tertiary/aromatic N) is 3. The number of rotatable bonds is 10. The first-order chi connectivity index (χ1) is 14.3. The maximum Gasteiger partial charge on any atom is 0.333 e. The van der Waals surface area contributed by atoms with Crippen molar-refractivity contribution in [2.45, 2.75) is 25.7 Å². The van der Waals surface area contributed by atoms with Crippen LogP contribution in [-0.4, -0.2) is 39.8 Å². The van der Waals surface area contributed by atoms with Crippen LogP contribution in [0.2, 0.25) is 0 Å². The van der Waals surface area contributed by atoms with Crippen LogP contribution in [0.15, 0.2) is 75.8 Å². The van der Waals surface area contributed by atoms with Gasteiger partial charge in [0.1, 0.15) is 6.61 Å². The first kappa shape index (κ1) is 23.3. The fourth-order valence-corrected chi connectivity index (χ4v) is 3.73. The van der Waals surface area contributed by atoms with Crippen LogP contribution >= 0.6 is 0 Å². The Labute approximate surface area is 178 Å². The van der Waals surface area contributed by atoms with Crippen molar-refractivity contribution in [3.05, 3.63) is 60.7 Å². The largest absolute Gasteiger partial charge is 0.461 e. The molecule has 0 N–H and O–H groups in total. The van der Waals surface area contributed by atoms with Gasteiger partial charge >= 0.3 is 5.97 Å². The van der Waals surface area contributed by atoms with Crippen molar-refractivity contribution in [1.82, 2.24) is 0 Å². The van der Waals surface area contributed by atoms with Gasteiger partial charge in [-0.3, -0.25) is 0 Å². The second kappa shape index (κ2) is 10.7.